The highest BCUT2D eigenvalue weighted by Crippen LogP contribution is 2.31. The first kappa shape index (κ1) is 20.1. The maximum atomic E-state index is 12.6. The molecule has 3 aromatic rings. The van der Waals surface area contributed by atoms with Crippen molar-refractivity contribution in [3.63, 3.8) is 0 Å². The summed E-state index contributed by atoms with van der Waals surface area (Å²) in [5, 5.41) is 11.2. The molecule has 1 fully saturated rings. The van der Waals surface area contributed by atoms with Gasteiger partial charge in [-0.3, -0.25) is 0 Å². The molecule has 6 nitrogen and oxygen atoms in total. The molecule has 3 heterocycles. The molecule has 1 N–H and O–H groups in total. The molecule has 1 aliphatic rings. The molecular weight excluding hydrogens is 419 g/mol. The summed E-state index contributed by atoms with van der Waals surface area (Å²) in [5.41, 5.74) is 0.955. The molecule has 0 spiro atoms. The van der Waals surface area contributed by atoms with Crippen LogP contribution in [0.2, 0.25) is 0 Å². The Labute approximate surface area is 173 Å². The van der Waals surface area contributed by atoms with Crippen molar-refractivity contribution in [2.24, 2.45) is 0 Å². The van der Waals surface area contributed by atoms with Crippen molar-refractivity contribution in [1.29, 1.82) is 0 Å². The quantitative estimate of drug-likeness (QED) is 0.632. The van der Waals surface area contributed by atoms with Crippen molar-refractivity contribution in [3.05, 3.63) is 59.2 Å². The highest BCUT2D eigenvalue weighted by molar-refractivity contribution is 7.13. The molecule has 0 aliphatic carbocycles. The number of halogens is 3. The van der Waals surface area contributed by atoms with Gasteiger partial charge in [-0.05, 0) is 18.2 Å². The van der Waals surface area contributed by atoms with Gasteiger partial charge in [0.1, 0.15) is 11.1 Å². The molecule has 1 saturated heterocycles. The number of carboxylic acids is 1. The van der Waals surface area contributed by atoms with E-state index in [0.29, 0.717) is 24.5 Å². The van der Waals surface area contributed by atoms with E-state index >= 15 is 0 Å². The van der Waals surface area contributed by atoms with E-state index in [-0.39, 0.29) is 17.7 Å². The average Bonchev–Trinajstić information content (AvgIpc) is 3.38. The fourth-order valence-corrected chi connectivity index (χ4v) is 3.98. The fourth-order valence-electron chi connectivity index (χ4n) is 3.19. The van der Waals surface area contributed by atoms with Crippen LogP contribution in [0.4, 0.5) is 18.9 Å². The van der Waals surface area contributed by atoms with Gasteiger partial charge in [-0.25, -0.2) is 14.8 Å². The largest absolute Gasteiger partial charge is 0.476 e. The van der Waals surface area contributed by atoms with E-state index in [1.54, 1.807) is 0 Å². The van der Waals surface area contributed by atoms with Crippen LogP contribution in [0.25, 0.3) is 10.6 Å². The number of hydrogen-bond acceptors (Lipinski definition) is 6. The zero-order valence-corrected chi connectivity index (χ0v) is 16.3. The zero-order valence-electron chi connectivity index (χ0n) is 15.5. The van der Waals surface area contributed by atoms with Gasteiger partial charge >= 0.3 is 12.1 Å². The molecule has 156 valence electrons. The van der Waals surface area contributed by atoms with Crippen LogP contribution >= 0.6 is 11.3 Å². The zero-order chi connectivity index (χ0) is 21.3. The van der Waals surface area contributed by atoms with Crippen molar-refractivity contribution in [2.75, 3.05) is 18.0 Å². The van der Waals surface area contributed by atoms with Crippen LogP contribution in [0.5, 0.6) is 5.88 Å². The fraction of sp³-hybridized carbons (Fsp3) is 0.250. The predicted octanol–water partition coefficient (Wildman–Crippen LogP) is 4.58. The Morgan fingerprint density at radius 2 is 2.10 bits per heavy atom. The molecule has 30 heavy (non-hydrogen) atoms. The summed E-state index contributed by atoms with van der Waals surface area (Å²) >= 11 is 1.26. The topological polar surface area (TPSA) is 75.5 Å². The van der Waals surface area contributed by atoms with Crippen LogP contribution in [0, 0.1) is 0 Å². The van der Waals surface area contributed by atoms with Crippen molar-refractivity contribution < 1.29 is 27.8 Å². The normalized spacial score (nSPS) is 16.6. The summed E-state index contributed by atoms with van der Waals surface area (Å²) in [6.07, 6.45) is -3.15. The van der Waals surface area contributed by atoms with Gasteiger partial charge in [0.25, 0.3) is 0 Å². The minimum Gasteiger partial charge on any atom is -0.476 e. The van der Waals surface area contributed by atoms with E-state index < -0.39 is 17.7 Å². The lowest BCUT2D eigenvalue weighted by atomic mass is 10.2. The van der Waals surface area contributed by atoms with E-state index in [1.807, 2.05) is 24.3 Å². The number of pyridine rings is 1. The standard InChI is InChI=1S/C20H16F3N3O3S/c21-20(22,23)13-4-5-17(24-9-13)29-15-6-7-26(10-15)14-3-1-2-12(8-14)18-25-16(11-30-18)19(27)28/h1-5,8-9,11,15H,6-7,10H2,(H,27,28)/t15-/m0/s1. The molecule has 10 heteroatoms. The summed E-state index contributed by atoms with van der Waals surface area (Å²) in [6, 6.07) is 9.80. The molecule has 0 bridgehead atoms. The van der Waals surface area contributed by atoms with Crippen molar-refractivity contribution in [3.8, 4) is 16.5 Å². The number of rotatable bonds is 5. The minimum absolute atomic E-state index is 0.0130. The maximum Gasteiger partial charge on any atom is 0.417 e. The van der Waals surface area contributed by atoms with E-state index in [1.165, 1.54) is 22.8 Å². The summed E-state index contributed by atoms with van der Waals surface area (Å²) in [5.74, 6) is -0.905. The number of carboxylic acid groups (broad SMARTS) is 1. The molecule has 2 aromatic heterocycles. The number of benzene rings is 1. The van der Waals surface area contributed by atoms with Crippen molar-refractivity contribution in [2.45, 2.75) is 18.7 Å². The molecule has 0 radical (unpaired) electrons. The Hall–Kier alpha value is -3.14. The Morgan fingerprint density at radius 1 is 1.27 bits per heavy atom. The van der Waals surface area contributed by atoms with Crippen LogP contribution in [0.3, 0.4) is 0 Å². The number of thiazole rings is 1. The lowest BCUT2D eigenvalue weighted by Gasteiger charge is -2.19. The van der Waals surface area contributed by atoms with Crippen LogP contribution < -0.4 is 9.64 Å². The van der Waals surface area contributed by atoms with Gasteiger partial charge in [-0.2, -0.15) is 13.2 Å². The third-order valence-corrected chi connectivity index (χ3v) is 5.57. The van der Waals surface area contributed by atoms with Gasteiger partial charge in [0.15, 0.2) is 5.69 Å². The van der Waals surface area contributed by atoms with E-state index in [9.17, 15) is 18.0 Å². The smallest absolute Gasteiger partial charge is 0.417 e. The number of aromatic nitrogens is 2. The SMILES string of the molecule is O=C(O)c1csc(-c2cccc(N3CC[C@H](Oc4ccc(C(F)(F)F)cn4)C3)c2)n1. The Morgan fingerprint density at radius 3 is 2.77 bits per heavy atom. The van der Waals surface area contributed by atoms with Gasteiger partial charge in [0, 0.05) is 41.9 Å². The molecule has 0 unspecified atom stereocenters. The molecule has 4 rings (SSSR count). The van der Waals surface area contributed by atoms with E-state index in [4.69, 9.17) is 9.84 Å². The maximum absolute atomic E-state index is 12.6. The molecule has 1 atom stereocenters. The van der Waals surface area contributed by atoms with E-state index in [2.05, 4.69) is 14.9 Å². The predicted molar refractivity (Wildman–Crippen MR) is 105 cm³/mol. The summed E-state index contributed by atoms with van der Waals surface area (Å²) in [4.78, 5) is 21.0. The van der Waals surface area contributed by atoms with Gasteiger partial charge < -0.3 is 14.7 Å². The first-order valence-corrected chi connectivity index (χ1v) is 9.91. The number of nitrogens with zero attached hydrogens (tertiary/aromatic N) is 3. The summed E-state index contributed by atoms with van der Waals surface area (Å²) in [6.45, 7) is 1.28. The van der Waals surface area contributed by atoms with Crippen molar-refractivity contribution >= 4 is 23.0 Å². The van der Waals surface area contributed by atoms with Gasteiger partial charge in [-0.15, -0.1) is 11.3 Å². The van der Waals surface area contributed by atoms with E-state index in [0.717, 1.165) is 23.5 Å². The Bertz CT molecular complexity index is 1050. The third-order valence-electron chi connectivity index (χ3n) is 4.68. The lowest BCUT2D eigenvalue weighted by Crippen LogP contribution is -2.24. The molecule has 0 amide bonds. The highest BCUT2D eigenvalue weighted by Gasteiger charge is 2.31. The first-order chi connectivity index (χ1) is 14.3. The van der Waals surface area contributed by atoms with Crippen LogP contribution in [0.15, 0.2) is 48.0 Å². The second-order valence-electron chi connectivity index (χ2n) is 6.75. The average molecular weight is 435 g/mol. The summed E-state index contributed by atoms with van der Waals surface area (Å²) in [7, 11) is 0. The molecule has 0 saturated carbocycles. The highest BCUT2D eigenvalue weighted by atomic mass is 32.1. The number of anilines is 1. The number of alkyl halides is 3. The molecular formula is C20H16F3N3O3S. The number of carbonyl (C=O) groups is 1. The number of hydrogen-bond donors (Lipinski definition) is 1. The lowest BCUT2D eigenvalue weighted by molar-refractivity contribution is -0.137. The van der Waals surface area contributed by atoms with Gasteiger partial charge in [0.05, 0.1) is 12.1 Å². The Kier molecular flexibility index (Phi) is 5.33. The monoisotopic (exact) mass is 435 g/mol. The van der Waals surface area contributed by atoms with Crippen molar-refractivity contribution in [1.82, 2.24) is 9.97 Å². The van der Waals surface area contributed by atoms with Crippen LogP contribution in [-0.2, 0) is 6.18 Å². The van der Waals surface area contributed by atoms with Crippen LogP contribution in [0.1, 0.15) is 22.5 Å². The molecule has 1 aromatic carbocycles. The van der Waals surface area contributed by atoms with Gasteiger partial charge in [0.2, 0.25) is 5.88 Å². The first-order valence-electron chi connectivity index (χ1n) is 9.04. The second kappa shape index (κ2) is 7.94. The third kappa shape index (κ3) is 4.38. The number of ether oxygens (including phenoxy) is 1. The Balaban J connectivity index is 1.42. The van der Waals surface area contributed by atoms with Crippen LogP contribution in [-0.4, -0.2) is 40.2 Å². The molecule has 1 aliphatic heterocycles. The number of aromatic carboxylic acids is 1. The van der Waals surface area contributed by atoms with Gasteiger partial charge in [-0.1, -0.05) is 12.1 Å². The second-order valence-corrected chi connectivity index (χ2v) is 7.61. The summed E-state index contributed by atoms with van der Waals surface area (Å²) < 4.78 is 43.7. The minimum atomic E-state index is -4.43.